The van der Waals surface area contributed by atoms with E-state index in [1.54, 1.807) is 0 Å². The third kappa shape index (κ3) is 8.99. The maximum Gasteiger partial charge on any atom is 0.00470 e. The van der Waals surface area contributed by atoms with Crippen molar-refractivity contribution in [2.45, 2.75) is 95.6 Å². The van der Waals surface area contributed by atoms with Gasteiger partial charge in [0.05, 0.1) is 0 Å². The van der Waals surface area contributed by atoms with Gasteiger partial charge in [-0.25, -0.2) is 0 Å². The van der Waals surface area contributed by atoms with Crippen LogP contribution in [0.4, 0.5) is 0 Å². The second-order valence-corrected chi connectivity index (χ2v) is 7.01. The van der Waals surface area contributed by atoms with Gasteiger partial charge >= 0.3 is 0 Å². The molecule has 1 saturated carbocycles. The summed E-state index contributed by atoms with van der Waals surface area (Å²) in [6, 6.07) is 0. The molecule has 1 fully saturated rings. The van der Waals surface area contributed by atoms with E-state index in [-0.39, 0.29) is 0 Å². The lowest BCUT2D eigenvalue weighted by Crippen LogP contribution is -2.06. The fourth-order valence-electron chi connectivity index (χ4n) is 2.72. The molecule has 17 heavy (non-hydrogen) atoms. The van der Waals surface area contributed by atoms with Gasteiger partial charge in [0.25, 0.3) is 0 Å². The molecule has 1 aliphatic rings. The number of rotatable bonds is 8. The molecule has 0 bridgehead atoms. The van der Waals surface area contributed by atoms with Crippen LogP contribution in [0, 0.1) is 0 Å². The standard InChI is InChI=1S/C16H32S/c1-2-3-4-5-9-12-15-17-16-13-10-7-6-8-11-14-16/h16H,2-15H2,1H3. The van der Waals surface area contributed by atoms with E-state index < -0.39 is 0 Å². The SMILES string of the molecule is CCCCCCCCSC1CCCCCCC1. The van der Waals surface area contributed by atoms with Crippen LogP contribution in [0.5, 0.6) is 0 Å². The largest absolute Gasteiger partial charge is 0.159 e. The first kappa shape index (κ1) is 15.4. The molecule has 1 aliphatic carbocycles. The summed E-state index contributed by atoms with van der Waals surface area (Å²) in [6.45, 7) is 2.30. The van der Waals surface area contributed by atoms with Gasteiger partial charge in [-0.05, 0) is 25.0 Å². The van der Waals surface area contributed by atoms with Crippen molar-refractivity contribution in [2.24, 2.45) is 0 Å². The van der Waals surface area contributed by atoms with E-state index in [4.69, 9.17) is 0 Å². The Morgan fingerprint density at radius 3 is 2.06 bits per heavy atom. The summed E-state index contributed by atoms with van der Waals surface area (Å²) in [5.74, 6) is 1.43. The highest BCUT2D eigenvalue weighted by Gasteiger charge is 2.10. The Kier molecular flexibility index (Phi) is 10.4. The zero-order chi connectivity index (χ0) is 12.2. The molecule has 0 atom stereocenters. The molecule has 0 heterocycles. The van der Waals surface area contributed by atoms with Crippen molar-refractivity contribution in [3.8, 4) is 0 Å². The maximum atomic E-state index is 2.30. The molecule has 102 valence electrons. The number of hydrogen-bond donors (Lipinski definition) is 0. The third-order valence-corrected chi connectivity index (χ3v) is 5.37. The quantitative estimate of drug-likeness (QED) is 0.466. The highest BCUT2D eigenvalue weighted by atomic mass is 32.2. The van der Waals surface area contributed by atoms with Crippen LogP contribution < -0.4 is 0 Å². The minimum absolute atomic E-state index is 1.01. The predicted octanol–water partition coefficient (Wildman–Crippen LogP) is 6.19. The van der Waals surface area contributed by atoms with Crippen LogP contribution in [-0.2, 0) is 0 Å². The van der Waals surface area contributed by atoms with Gasteiger partial charge in [0.15, 0.2) is 0 Å². The molecule has 0 aromatic rings. The molecule has 0 N–H and O–H groups in total. The Morgan fingerprint density at radius 1 is 0.765 bits per heavy atom. The van der Waals surface area contributed by atoms with Crippen LogP contribution in [-0.4, -0.2) is 11.0 Å². The number of thioether (sulfide) groups is 1. The smallest absolute Gasteiger partial charge is 0.00470 e. The summed E-state index contributed by atoms with van der Waals surface area (Å²) < 4.78 is 0. The Bertz CT molecular complexity index is 148. The fourth-order valence-corrected chi connectivity index (χ4v) is 4.09. The zero-order valence-corrected chi connectivity index (χ0v) is 12.7. The van der Waals surface area contributed by atoms with Gasteiger partial charge in [0.1, 0.15) is 0 Å². The van der Waals surface area contributed by atoms with E-state index in [1.807, 2.05) is 0 Å². The summed E-state index contributed by atoms with van der Waals surface area (Å²) in [4.78, 5) is 0. The van der Waals surface area contributed by atoms with Crippen molar-refractivity contribution in [3.05, 3.63) is 0 Å². The number of unbranched alkanes of at least 4 members (excludes halogenated alkanes) is 5. The Labute approximate surface area is 113 Å². The van der Waals surface area contributed by atoms with Crippen LogP contribution in [0.3, 0.4) is 0 Å². The average molecular weight is 256 g/mol. The van der Waals surface area contributed by atoms with Crippen molar-refractivity contribution in [1.29, 1.82) is 0 Å². The van der Waals surface area contributed by atoms with Crippen molar-refractivity contribution in [3.63, 3.8) is 0 Å². The van der Waals surface area contributed by atoms with E-state index >= 15 is 0 Å². The van der Waals surface area contributed by atoms with Crippen LogP contribution >= 0.6 is 11.8 Å². The van der Waals surface area contributed by atoms with Gasteiger partial charge < -0.3 is 0 Å². The molecule has 0 spiro atoms. The highest BCUT2D eigenvalue weighted by molar-refractivity contribution is 7.99. The first-order valence-electron chi connectivity index (χ1n) is 8.05. The third-order valence-electron chi connectivity index (χ3n) is 3.90. The summed E-state index contributed by atoms with van der Waals surface area (Å²) >= 11 is 2.28. The fraction of sp³-hybridized carbons (Fsp3) is 1.00. The van der Waals surface area contributed by atoms with Crippen LogP contribution in [0.25, 0.3) is 0 Å². The van der Waals surface area contributed by atoms with Crippen LogP contribution in [0.2, 0.25) is 0 Å². The summed E-state index contributed by atoms with van der Waals surface area (Å²) in [5, 5.41) is 1.01. The van der Waals surface area contributed by atoms with Gasteiger partial charge in [0.2, 0.25) is 0 Å². The lowest BCUT2D eigenvalue weighted by Gasteiger charge is -2.19. The molecule has 0 radical (unpaired) electrons. The first-order valence-corrected chi connectivity index (χ1v) is 9.10. The molecule has 0 unspecified atom stereocenters. The van der Waals surface area contributed by atoms with Gasteiger partial charge in [-0.1, -0.05) is 71.1 Å². The molecular weight excluding hydrogens is 224 g/mol. The molecular formula is C16H32S. The topological polar surface area (TPSA) is 0 Å². The lowest BCUT2D eigenvalue weighted by molar-refractivity contribution is 0.512. The minimum atomic E-state index is 1.01. The molecule has 0 aromatic heterocycles. The zero-order valence-electron chi connectivity index (χ0n) is 11.9. The molecule has 0 aliphatic heterocycles. The van der Waals surface area contributed by atoms with Gasteiger partial charge in [-0.15, -0.1) is 0 Å². The van der Waals surface area contributed by atoms with Crippen molar-refractivity contribution in [1.82, 2.24) is 0 Å². The first-order chi connectivity index (χ1) is 8.43. The average Bonchev–Trinajstić information content (AvgIpc) is 2.30. The van der Waals surface area contributed by atoms with Gasteiger partial charge in [0, 0.05) is 5.25 Å². The van der Waals surface area contributed by atoms with Crippen molar-refractivity contribution < 1.29 is 0 Å². The normalized spacial score (nSPS) is 18.9. The lowest BCUT2D eigenvalue weighted by atomic mass is 10.0. The molecule has 0 amide bonds. The summed E-state index contributed by atoms with van der Waals surface area (Å²) in [7, 11) is 0. The summed E-state index contributed by atoms with van der Waals surface area (Å²) in [5.41, 5.74) is 0. The van der Waals surface area contributed by atoms with E-state index in [1.165, 1.54) is 89.2 Å². The second-order valence-electron chi connectivity index (χ2n) is 5.61. The van der Waals surface area contributed by atoms with Gasteiger partial charge in [-0.3, -0.25) is 0 Å². The van der Waals surface area contributed by atoms with E-state index in [0.717, 1.165) is 5.25 Å². The monoisotopic (exact) mass is 256 g/mol. The second kappa shape index (κ2) is 11.4. The van der Waals surface area contributed by atoms with Crippen molar-refractivity contribution >= 4 is 11.8 Å². The molecule has 0 saturated heterocycles. The molecule has 1 heteroatoms. The maximum absolute atomic E-state index is 2.30. The van der Waals surface area contributed by atoms with Gasteiger partial charge in [-0.2, -0.15) is 11.8 Å². The van der Waals surface area contributed by atoms with Crippen LogP contribution in [0.15, 0.2) is 0 Å². The Hall–Kier alpha value is 0.350. The highest BCUT2D eigenvalue weighted by Crippen LogP contribution is 2.27. The minimum Gasteiger partial charge on any atom is -0.159 e. The number of hydrogen-bond acceptors (Lipinski definition) is 1. The van der Waals surface area contributed by atoms with Crippen LogP contribution in [0.1, 0.15) is 90.4 Å². The van der Waals surface area contributed by atoms with E-state index in [9.17, 15) is 0 Å². The Morgan fingerprint density at radius 2 is 1.35 bits per heavy atom. The molecule has 0 nitrogen and oxygen atoms in total. The predicted molar refractivity (Wildman–Crippen MR) is 81.9 cm³/mol. The molecule has 1 rings (SSSR count). The van der Waals surface area contributed by atoms with E-state index in [2.05, 4.69) is 18.7 Å². The molecule has 0 aromatic carbocycles. The van der Waals surface area contributed by atoms with E-state index in [0.29, 0.717) is 0 Å². The summed E-state index contributed by atoms with van der Waals surface area (Å²) in [6.07, 6.45) is 19.2. The Balaban J connectivity index is 1.90. The van der Waals surface area contributed by atoms with Crippen molar-refractivity contribution in [2.75, 3.05) is 5.75 Å².